The summed E-state index contributed by atoms with van der Waals surface area (Å²) in [4.78, 5) is 16.3. The van der Waals surface area contributed by atoms with E-state index in [1.165, 1.54) is 52.7 Å². The minimum Gasteiger partial charge on any atom is -0.277 e. The Bertz CT molecular complexity index is 3920. The Labute approximate surface area is 374 Å². The molecule has 3 heterocycles. The van der Waals surface area contributed by atoms with Crippen molar-refractivity contribution in [3.8, 4) is 51.0 Å². The van der Waals surface area contributed by atoms with Crippen molar-refractivity contribution in [1.29, 1.82) is 0 Å². The zero-order valence-corrected chi connectivity index (χ0v) is 36.1. The molecule has 0 spiro atoms. The van der Waals surface area contributed by atoms with Gasteiger partial charge >= 0.3 is 0 Å². The molecule has 0 amide bonds. The van der Waals surface area contributed by atoms with Crippen LogP contribution in [0.4, 0.5) is 0 Å². The number of fused-ring (bicyclic) bond motifs is 12. The molecule has 13 rings (SSSR count). The van der Waals surface area contributed by atoms with Gasteiger partial charge in [0.15, 0.2) is 11.6 Å². The SMILES string of the molecule is CC.c1ccc(-c2ccc(-c3nc(-c4ccc5ccccc5c4)nc(-n4c5c(-c6cccc7c6sc6ccccc67)cccc5c5c6ccccc6c6ccccc6c54)n3)cc2)cc1. The number of rotatable bonds is 5. The van der Waals surface area contributed by atoms with Gasteiger partial charge in [-0.15, -0.1) is 11.3 Å². The number of aromatic nitrogens is 4. The van der Waals surface area contributed by atoms with E-state index in [4.69, 9.17) is 15.0 Å². The summed E-state index contributed by atoms with van der Waals surface area (Å²) in [5.41, 5.74) is 8.61. The van der Waals surface area contributed by atoms with E-state index < -0.39 is 0 Å². The van der Waals surface area contributed by atoms with Crippen molar-refractivity contribution in [1.82, 2.24) is 19.5 Å². The Balaban J connectivity index is 0.00000214. The molecule has 0 saturated carbocycles. The van der Waals surface area contributed by atoms with Gasteiger partial charge in [0.05, 0.1) is 11.0 Å². The summed E-state index contributed by atoms with van der Waals surface area (Å²) < 4.78 is 4.88. The normalized spacial score (nSPS) is 11.6. The number of hydrogen-bond donors (Lipinski definition) is 0. The van der Waals surface area contributed by atoms with Crippen LogP contribution in [0.15, 0.2) is 206 Å². The van der Waals surface area contributed by atoms with E-state index in [2.05, 4.69) is 205 Å². The van der Waals surface area contributed by atoms with E-state index >= 15 is 0 Å². The first-order valence-corrected chi connectivity index (χ1v) is 22.8. The van der Waals surface area contributed by atoms with Gasteiger partial charge < -0.3 is 0 Å². The molecule has 0 unspecified atom stereocenters. The van der Waals surface area contributed by atoms with Crippen molar-refractivity contribution in [2.45, 2.75) is 13.8 Å². The van der Waals surface area contributed by atoms with E-state index in [0.717, 1.165) is 55.0 Å². The van der Waals surface area contributed by atoms with Crippen LogP contribution >= 0.6 is 11.3 Å². The van der Waals surface area contributed by atoms with Gasteiger partial charge in [-0.2, -0.15) is 9.97 Å². The van der Waals surface area contributed by atoms with Gasteiger partial charge in [0, 0.05) is 58.6 Å². The van der Waals surface area contributed by atoms with E-state index in [-0.39, 0.29) is 0 Å². The highest BCUT2D eigenvalue weighted by Gasteiger charge is 2.25. The fourth-order valence-corrected chi connectivity index (χ4v) is 10.8. The van der Waals surface area contributed by atoms with Crippen LogP contribution in [-0.4, -0.2) is 19.5 Å². The van der Waals surface area contributed by atoms with Crippen LogP contribution < -0.4 is 0 Å². The third-order valence-corrected chi connectivity index (χ3v) is 13.7. The molecule has 0 N–H and O–H groups in total. The van der Waals surface area contributed by atoms with Gasteiger partial charge in [0.25, 0.3) is 0 Å². The van der Waals surface area contributed by atoms with Crippen LogP contribution in [0.25, 0.3) is 125 Å². The molecule has 5 heteroatoms. The molecule has 64 heavy (non-hydrogen) atoms. The molecule has 13 aromatic rings. The monoisotopic (exact) mass is 836 g/mol. The van der Waals surface area contributed by atoms with Gasteiger partial charge in [0.1, 0.15) is 0 Å². The molecule has 3 aromatic heterocycles. The lowest BCUT2D eigenvalue weighted by Gasteiger charge is -2.15. The summed E-state index contributed by atoms with van der Waals surface area (Å²) in [6.45, 7) is 4.00. The predicted octanol–water partition coefficient (Wildman–Crippen LogP) is 16.5. The van der Waals surface area contributed by atoms with Crippen molar-refractivity contribution in [3.63, 3.8) is 0 Å². The Morgan fingerprint density at radius 3 is 1.69 bits per heavy atom. The Morgan fingerprint density at radius 1 is 0.359 bits per heavy atom. The maximum absolute atomic E-state index is 5.51. The molecule has 0 bridgehead atoms. The topological polar surface area (TPSA) is 43.6 Å². The molecule has 0 atom stereocenters. The molecular formula is C59H40N4S. The fraction of sp³-hybridized carbons (Fsp3) is 0.0339. The predicted molar refractivity (Wildman–Crippen MR) is 273 cm³/mol. The highest BCUT2D eigenvalue weighted by atomic mass is 32.1. The minimum absolute atomic E-state index is 0.571. The van der Waals surface area contributed by atoms with Crippen LogP contribution in [0.5, 0.6) is 0 Å². The number of benzene rings is 10. The van der Waals surface area contributed by atoms with Gasteiger partial charge in [-0.1, -0.05) is 208 Å². The number of nitrogens with zero attached hydrogens (tertiary/aromatic N) is 4. The second kappa shape index (κ2) is 15.4. The smallest absolute Gasteiger partial charge is 0.238 e. The van der Waals surface area contributed by atoms with Crippen molar-refractivity contribution in [2.75, 3.05) is 0 Å². The quantitative estimate of drug-likeness (QED) is 0.162. The number of thiophene rings is 1. The average molecular weight is 837 g/mol. The summed E-state index contributed by atoms with van der Waals surface area (Å²) in [5, 5.41) is 11.9. The second-order valence-electron chi connectivity index (χ2n) is 15.9. The van der Waals surface area contributed by atoms with Crippen LogP contribution in [0.3, 0.4) is 0 Å². The molecule has 10 aromatic carbocycles. The highest BCUT2D eigenvalue weighted by Crippen LogP contribution is 2.47. The maximum atomic E-state index is 5.51. The molecular weight excluding hydrogens is 797 g/mol. The third kappa shape index (κ3) is 6.00. The molecule has 0 aliphatic carbocycles. The molecule has 302 valence electrons. The summed E-state index contributed by atoms with van der Waals surface area (Å²) in [6.07, 6.45) is 0. The molecule has 0 saturated heterocycles. The maximum Gasteiger partial charge on any atom is 0.238 e. The van der Waals surface area contributed by atoms with E-state index in [9.17, 15) is 0 Å². The summed E-state index contributed by atoms with van der Waals surface area (Å²) in [6, 6.07) is 73.8. The third-order valence-electron chi connectivity index (χ3n) is 12.4. The van der Waals surface area contributed by atoms with Gasteiger partial charge in [-0.3, -0.25) is 4.57 Å². The standard InChI is InChI=1S/C57H34N4S.C2H6/c1-2-14-35(15-3-1)37-28-31-38(32-29-37)55-58-56(40-33-30-36-16-4-5-17-39(36)34-40)60-57(59-55)61-52-46(48-25-13-24-47-43-20-10-11-27-50(43)62-54(47)48)23-12-26-49(52)51-44-21-8-6-18-41(44)42-19-7-9-22-45(42)53(51)61;1-2/h1-34H;1-2H3. The molecule has 4 nitrogen and oxygen atoms in total. The largest absolute Gasteiger partial charge is 0.277 e. The molecule has 0 radical (unpaired) electrons. The van der Waals surface area contributed by atoms with Crippen molar-refractivity contribution in [2.24, 2.45) is 0 Å². The fourth-order valence-electron chi connectivity index (χ4n) is 9.60. The first kappa shape index (κ1) is 37.7. The molecule has 0 aliphatic heterocycles. The van der Waals surface area contributed by atoms with Crippen LogP contribution in [0, 0.1) is 0 Å². The zero-order valence-electron chi connectivity index (χ0n) is 35.3. The Hall–Kier alpha value is -7.99. The van der Waals surface area contributed by atoms with Crippen molar-refractivity contribution in [3.05, 3.63) is 206 Å². The Morgan fingerprint density at radius 2 is 0.906 bits per heavy atom. The van der Waals surface area contributed by atoms with E-state index in [0.29, 0.717) is 17.6 Å². The number of hydrogen-bond acceptors (Lipinski definition) is 4. The first-order valence-electron chi connectivity index (χ1n) is 21.9. The van der Waals surface area contributed by atoms with Crippen LogP contribution in [0.1, 0.15) is 13.8 Å². The van der Waals surface area contributed by atoms with Crippen molar-refractivity contribution >= 4 is 85.6 Å². The minimum atomic E-state index is 0.571. The zero-order chi connectivity index (χ0) is 42.7. The average Bonchev–Trinajstić information content (AvgIpc) is 3.94. The lowest BCUT2D eigenvalue weighted by Crippen LogP contribution is -2.07. The summed E-state index contributed by atoms with van der Waals surface area (Å²) in [7, 11) is 0. The first-order chi connectivity index (χ1) is 31.7. The molecule has 0 aliphatic rings. The summed E-state index contributed by atoms with van der Waals surface area (Å²) >= 11 is 1.85. The second-order valence-corrected chi connectivity index (χ2v) is 17.0. The lowest BCUT2D eigenvalue weighted by molar-refractivity contribution is 0.956. The van der Waals surface area contributed by atoms with Crippen molar-refractivity contribution < 1.29 is 0 Å². The lowest BCUT2D eigenvalue weighted by atomic mass is 9.95. The van der Waals surface area contributed by atoms with E-state index in [1.54, 1.807) is 0 Å². The summed E-state index contributed by atoms with van der Waals surface area (Å²) in [5.74, 6) is 1.80. The van der Waals surface area contributed by atoms with Crippen LogP contribution in [0.2, 0.25) is 0 Å². The highest BCUT2D eigenvalue weighted by molar-refractivity contribution is 7.26. The van der Waals surface area contributed by atoms with Gasteiger partial charge in [-0.05, 0) is 50.2 Å². The van der Waals surface area contributed by atoms with Crippen LogP contribution in [-0.2, 0) is 0 Å². The van der Waals surface area contributed by atoms with E-state index in [1.807, 2.05) is 31.3 Å². The Kier molecular flexibility index (Phi) is 9.09. The van der Waals surface area contributed by atoms with Gasteiger partial charge in [-0.25, -0.2) is 4.98 Å². The molecule has 0 fully saturated rings. The van der Waals surface area contributed by atoms with Gasteiger partial charge in [0.2, 0.25) is 5.95 Å². The number of para-hydroxylation sites is 1.